The van der Waals surface area contributed by atoms with Gasteiger partial charge in [-0.25, -0.2) is 4.79 Å². The Kier molecular flexibility index (Phi) is 5.79. The normalized spacial score (nSPS) is 15.5. The van der Waals surface area contributed by atoms with E-state index in [0.29, 0.717) is 34.6 Å². The van der Waals surface area contributed by atoms with Crippen LogP contribution in [0.1, 0.15) is 44.5 Å². The second-order valence-corrected chi connectivity index (χ2v) is 7.83. The fourth-order valence-corrected chi connectivity index (χ4v) is 4.85. The number of thiophene rings is 1. The number of carbonyl (C=O) groups is 2. The van der Waals surface area contributed by atoms with Crippen molar-refractivity contribution in [1.29, 1.82) is 0 Å². The molecule has 1 aliphatic carbocycles. The number of fused-ring (bicyclic) bond motifs is 1. The summed E-state index contributed by atoms with van der Waals surface area (Å²) in [5, 5.41) is 12.8. The van der Waals surface area contributed by atoms with Crippen LogP contribution in [0.25, 0.3) is 0 Å². The third kappa shape index (κ3) is 3.64. The van der Waals surface area contributed by atoms with Crippen LogP contribution in [-0.2, 0) is 12.8 Å². The van der Waals surface area contributed by atoms with Crippen LogP contribution in [0.3, 0.4) is 0 Å². The molecular weight excluding hydrogens is 382 g/mol. The molecule has 0 unspecified atom stereocenters. The van der Waals surface area contributed by atoms with Gasteiger partial charge in [0, 0.05) is 10.4 Å². The molecule has 1 aromatic carbocycles. The number of hydrogen-bond acceptors (Lipinski definition) is 6. The largest absolute Gasteiger partial charge is 0.493 e. The predicted molar refractivity (Wildman–Crippen MR) is 107 cm³/mol. The topological polar surface area (TPSA) is 94.1 Å². The van der Waals surface area contributed by atoms with E-state index in [9.17, 15) is 14.7 Å². The highest BCUT2D eigenvalue weighted by Gasteiger charge is 2.28. The van der Waals surface area contributed by atoms with Crippen molar-refractivity contribution in [2.24, 2.45) is 5.92 Å². The molecule has 8 heteroatoms. The Balaban J connectivity index is 1.97. The van der Waals surface area contributed by atoms with Crippen LogP contribution in [0.4, 0.5) is 5.00 Å². The van der Waals surface area contributed by atoms with Gasteiger partial charge in [0.1, 0.15) is 5.00 Å². The minimum absolute atomic E-state index is 0.202. The van der Waals surface area contributed by atoms with Crippen LogP contribution >= 0.6 is 11.3 Å². The molecule has 0 aliphatic heterocycles. The number of amides is 1. The summed E-state index contributed by atoms with van der Waals surface area (Å²) >= 11 is 1.34. The molecule has 1 heterocycles. The fourth-order valence-electron chi connectivity index (χ4n) is 3.45. The Morgan fingerprint density at radius 3 is 2.32 bits per heavy atom. The number of hydrogen-bond donors (Lipinski definition) is 2. The van der Waals surface area contributed by atoms with E-state index in [1.54, 1.807) is 0 Å². The van der Waals surface area contributed by atoms with Crippen molar-refractivity contribution in [3.63, 3.8) is 0 Å². The lowest BCUT2D eigenvalue weighted by Gasteiger charge is -2.17. The van der Waals surface area contributed by atoms with Crippen molar-refractivity contribution in [1.82, 2.24) is 0 Å². The van der Waals surface area contributed by atoms with E-state index in [-0.39, 0.29) is 11.1 Å². The number of aromatic carboxylic acids is 1. The van der Waals surface area contributed by atoms with Crippen LogP contribution in [0.2, 0.25) is 0 Å². The number of carbonyl (C=O) groups excluding carboxylic acids is 1. The Morgan fingerprint density at radius 2 is 1.79 bits per heavy atom. The van der Waals surface area contributed by atoms with E-state index < -0.39 is 11.9 Å². The summed E-state index contributed by atoms with van der Waals surface area (Å²) in [5.74, 6) is 0.134. The van der Waals surface area contributed by atoms with Gasteiger partial charge in [0.2, 0.25) is 5.75 Å². The van der Waals surface area contributed by atoms with Gasteiger partial charge in [-0.15, -0.1) is 11.3 Å². The lowest BCUT2D eigenvalue weighted by atomic mass is 9.88. The Morgan fingerprint density at radius 1 is 1.14 bits per heavy atom. The van der Waals surface area contributed by atoms with Crippen LogP contribution in [0.15, 0.2) is 12.1 Å². The van der Waals surface area contributed by atoms with Crippen molar-refractivity contribution in [3.8, 4) is 17.2 Å². The average molecular weight is 405 g/mol. The van der Waals surface area contributed by atoms with E-state index >= 15 is 0 Å². The fraction of sp³-hybridized carbons (Fsp3) is 0.400. The first-order valence-electron chi connectivity index (χ1n) is 8.88. The van der Waals surface area contributed by atoms with Gasteiger partial charge in [-0.05, 0) is 42.9 Å². The zero-order valence-corrected chi connectivity index (χ0v) is 17.1. The molecule has 1 amide bonds. The molecule has 0 radical (unpaired) electrons. The molecule has 2 N–H and O–H groups in total. The average Bonchev–Trinajstić information content (AvgIpc) is 3.03. The molecule has 1 atom stereocenters. The SMILES string of the molecule is COc1cc(C(=O)Nc2sc3c(c2C(=O)O)CC[C@H](C)C3)cc(OC)c1OC. The molecule has 0 saturated carbocycles. The molecule has 150 valence electrons. The predicted octanol–water partition coefficient (Wildman–Crippen LogP) is 3.85. The van der Waals surface area contributed by atoms with E-state index in [2.05, 4.69) is 12.2 Å². The van der Waals surface area contributed by atoms with Gasteiger partial charge in [0.15, 0.2) is 11.5 Å². The second kappa shape index (κ2) is 8.10. The van der Waals surface area contributed by atoms with Gasteiger partial charge in [-0.2, -0.15) is 0 Å². The second-order valence-electron chi connectivity index (χ2n) is 6.73. The van der Waals surface area contributed by atoms with Crippen LogP contribution < -0.4 is 19.5 Å². The van der Waals surface area contributed by atoms with Crippen molar-refractivity contribution in [3.05, 3.63) is 33.7 Å². The monoisotopic (exact) mass is 405 g/mol. The summed E-state index contributed by atoms with van der Waals surface area (Å²) < 4.78 is 15.8. The van der Waals surface area contributed by atoms with Gasteiger partial charge in [-0.1, -0.05) is 6.92 Å². The first-order valence-corrected chi connectivity index (χ1v) is 9.70. The lowest BCUT2D eigenvalue weighted by molar-refractivity contribution is 0.0697. The summed E-state index contributed by atoms with van der Waals surface area (Å²) in [4.78, 5) is 25.7. The molecule has 7 nitrogen and oxygen atoms in total. The Bertz CT molecular complexity index is 895. The number of carboxylic acids is 1. The number of carboxylic acid groups (broad SMARTS) is 1. The van der Waals surface area contributed by atoms with Crippen molar-refractivity contribution in [2.75, 3.05) is 26.6 Å². The van der Waals surface area contributed by atoms with Crippen molar-refractivity contribution >= 4 is 28.2 Å². The molecule has 0 fully saturated rings. The first kappa shape index (κ1) is 20.0. The Hall–Kier alpha value is -2.74. The van der Waals surface area contributed by atoms with Crippen LogP contribution in [-0.4, -0.2) is 38.3 Å². The molecule has 1 aromatic heterocycles. The van der Waals surface area contributed by atoms with Crippen molar-refractivity contribution in [2.45, 2.75) is 26.2 Å². The standard InChI is InChI=1S/C20H23NO6S/c1-10-5-6-12-15(7-10)28-19(16(12)20(23)24)21-18(22)11-8-13(25-2)17(27-4)14(9-11)26-3/h8-10H,5-7H2,1-4H3,(H,21,22)(H,23,24)/t10-/m0/s1. The first-order chi connectivity index (χ1) is 13.4. The molecule has 2 aromatic rings. The summed E-state index contributed by atoms with van der Waals surface area (Å²) in [5.41, 5.74) is 1.33. The highest BCUT2D eigenvalue weighted by molar-refractivity contribution is 7.17. The van der Waals surface area contributed by atoms with Crippen LogP contribution in [0, 0.1) is 5.92 Å². The summed E-state index contributed by atoms with van der Waals surface area (Å²) in [6.07, 6.45) is 2.50. The van der Waals surface area contributed by atoms with Gasteiger partial charge in [0.05, 0.1) is 26.9 Å². The third-order valence-corrected chi connectivity index (χ3v) is 6.05. The maximum atomic E-state index is 12.9. The number of benzene rings is 1. The van der Waals surface area contributed by atoms with Gasteiger partial charge >= 0.3 is 5.97 Å². The summed E-state index contributed by atoms with van der Waals surface area (Å²) in [6.45, 7) is 2.15. The van der Waals surface area contributed by atoms with Crippen molar-refractivity contribution < 1.29 is 28.9 Å². The summed E-state index contributed by atoms with van der Waals surface area (Å²) in [6, 6.07) is 3.07. The maximum Gasteiger partial charge on any atom is 0.339 e. The lowest BCUT2D eigenvalue weighted by Crippen LogP contribution is -2.15. The highest BCUT2D eigenvalue weighted by Crippen LogP contribution is 2.41. The van der Waals surface area contributed by atoms with Gasteiger partial charge in [-0.3, -0.25) is 4.79 Å². The third-order valence-electron chi connectivity index (χ3n) is 4.88. The summed E-state index contributed by atoms with van der Waals surface area (Å²) in [7, 11) is 4.42. The molecule has 0 spiro atoms. The molecule has 28 heavy (non-hydrogen) atoms. The zero-order chi connectivity index (χ0) is 20.4. The van der Waals surface area contributed by atoms with E-state index in [1.807, 2.05) is 0 Å². The zero-order valence-electron chi connectivity index (χ0n) is 16.3. The minimum atomic E-state index is -1.02. The number of anilines is 1. The van der Waals surface area contributed by atoms with Gasteiger partial charge in [0.25, 0.3) is 5.91 Å². The highest BCUT2D eigenvalue weighted by atomic mass is 32.1. The maximum absolute atomic E-state index is 12.9. The number of ether oxygens (including phenoxy) is 3. The number of rotatable bonds is 6. The molecule has 0 bridgehead atoms. The van der Waals surface area contributed by atoms with E-state index in [0.717, 1.165) is 23.3 Å². The van der Waals surface area contributed by atoms with Gasteiger partial charge < -0.3 is 24.6 Å². The quantitative estimate of drug-likeness (QED) is 0.758. The minimum Gasteiger partial charge on any atom is -0.493 e. The van der Waals surface area contributed by atoms with Crippen LogP contribution in [0.5, 0.6) is 17.2 Å². The number of methoxy groups -OCH3 is 3. The Labute approximate surface area is 167 Å². The molecule has 1 aliphatic rings. The molecule has 3 rings (SSSR count). The van der Waals surface area contributed by atoms with E-state index in [1.165, 1.54) is 44.8 Å². The van der Waals surface area contributed by atoms with E-state index in [4.69, 9.17) is 14.2 Å². The smallest absolute Gasteiger partial charge is 0.339 e. The number of nitrogens with one attached hydrogen (secondary N) is 1. The molecular formula is C20H23NO6S. The molecule has 0 saturated heterocycles.